The van der Waals surface area contributed by atoms with E-state index in [9.17, 15) is 14.7 Å². The molecule has 0 aromatic heterocycles. The van der Waals surface area contributed by atoms with Gasteiger partial charge in [-0.25, -0.2) is 0 Å². The second-order valence-corrected chi connectivity index (χ2v) is 9.33. The zero-order valence-electron chi connectivity index (χ0n) is 19.3. The molecular formula is C23H35NO6. The maximum absolute atomic E-state index is 12.8. The number of carbonyl (C=O) groups is 2. The zero-order chi connectivity index (χ0) is 22.9. The summed E-state index contributed by atoms with van der Waals surface area (Å²) in [6.07, 6.45) is -1.52. The first-order valence-corrected chi connectivity index (χ1v) is 10.3. The zero-order valence-corrected chi connectivity index (χ0v) is 19.3. The van der Waals surface area contributed by atoms with Gasteiger partial charge in [-0.05, 0) is 52.3 Å². The topological polar surface area (TPSA) is 85.3 Å². The van der Waals surface area contributed by atoms with Gasteiger partial charge in [-0.2, -0.15) is 0 Å². The molecule has 4 atom stereocenters. The summed E-state index contributed by atoms with van der Waals surface area (Å²) in [6, 6.07) is 5.73. The monoisotopic (exact) mass is 421 g/mol. The largest absolute Gasteiger partial charge is 0.493 e. The number of benzene rings is 1. The van der Waals surface area contributed by atoms with Gasteiger partial charge in [0.15, 0.2) is 17.6 Å². The van der Waals surface area contributed by atoms with E-state index >= 15 is 0 Å². The fourth-order valence-electron chi connectivity index (χ4n) is 3.97. The quantitative estimate of drug-likeness (QED) is 0.711. The van der Waals surface area contributed by atoms with E-state index in [0.29, 0.717) is 24.6 Å². The molecule has 0 aliphatic carbocycles. The van der Waals surface area contributed by atoms with Crippen LogP contribution in [0.25, 0.3) is 0 Å². The van der Waals surface area contributed by atoms with Crippen LogP contribution in [-0.4, -0.2) is 59.9 Å². The number of ether oxygens (including phenoxy) is 3. The lowest BCUT2D eigenvalue weighted by molar-refractivity contribution is -0.157. The lowest BCUT2D eigenvalue weighted by Crippen LogP contribution is -2.41. The molecule has 1 amide bonds. The van der Waals surface area contributed by atoms with Gasteiger partial charge < -0.3 is 24.2 Å². The van der Waals surface area contributed by atoms with Crippen LogP contribution in [-0.2, 0) is 14.3 Å². The summed E-state index contributed by atoms with van der Waals surface area (Å²) in [5, 5.41) is 10.6. The van der Waals surface area contributed by atoms with Crippen LogP contribution in [0.3, 0.4) is 0 Å². The number of aliphatic hydroxyl groups is 1. The lowest BCUT2D eigenvalue weighted by Gasteiger charge is -2.34. The minimum Gasteiger partial charge on any atom is -0.493 e. The van der Waals surface area contributed by atoms with Crippen molar-refractivity contribution in [2.45, 2.75) is 72.2 Å². The standard InChI is InChI=1S/C23H35NO6/c1-14(29-16(3)26)21(27)24-12-18(23(7,13-24)15(2)25)17-9-10-19(28-8)20(11-17)30-22(4,5)6/h9-11,14-15,18,25H,12-13H2,1-8H3/t14-,15+,18-,23-/m0/s1. The number of methoxy groups -OCH3 is 1. The van der Waals surface area contributed by atoms with E-state index in [-0.39, 0.29) is 11.8 Å². The molecular weight excluding hydrogens is 386 g/mol. The molecule has 1 aliphatic heterocycles. The van der Waals surface area contributed by atoms with Crippen LogP contribution in [0.15, 0.2) is 18.2 Å². The normalized spacial score (nSPS) is 23.6. The highest BCUT2D eigenvalue weighted by atomic mass is 16.5. The first kappa shape index (κ1) is 24.0. The van der Waals surface area contributed by atoms with Crippen molar-refractivity contribution in [3.63, 3.8) is 0 Å². The minimum absolute atomic E-state index is 0.126. The molecule has 1 aromatic rings. The fourth-order valence-corrected chi connectivity index (χ4v) is 3.97. The SMILES string of the molecule is COc1ccc([C@@H]2CN(C(=O)[C@H](C)OC(C)=O)C[C@@]2(C)[C@@H](C)O)cc1OC(C)(C)C. The smallest absolute Gasteiger partial charge is 0.303 e. The molecule has 30 heavy (non-hydrogen) atoms. The second kappa shape index (κ2) is 8.84. The Morgan fingerprint density at radius 1 is 1.23 bits per heavy atom. The van der Waals surface area contributed by atoms with E-state index in [1.54, 1.807) is 25.9 Å². The molecule has 1 fully saturated rings. The van der Waals surface area contributed by atoms with Gasteiger partial charge in [-0.15, -0.1) is 0 Å². The van der Waals surface area contributed by atoms with E-state index in [4.69, 9.17) is 14.2 Å². The molecule has 1 heterocycles. The highest BCUT2D eigenvalue weighted by molar-refractivity contribution is 5.83. The molecule has 1 N–H and O–H groups in total. The number of aliphatic hydroxyl groups excluding tert-OH is 1. The van der Waals surface area contributed by atoms with Crippen molar-refractivity contribution < 1.29 is 28.9 Å². The average molecular weight is 422 g/mol. The molecule has 0 bridgehead atoms. The van der Waals surface area contributed by atoms with Crippen molar-refractivity contribution in [3.05, 3.63) is 23.8 Å². The van der Waals surface area contributed by atoms with Gasteiger partial charge in [0.2, 0.25) is 0 Å². The molecule has 0 spiro atoms. The Balaban J connectivity index is 2.39. The molecule has 7 nitrogen and oxygen atoms in total. The summed E-state index contributed by atoms with van der Waals surface area (Å²) in [6.45, 7) is 13.2. The summed E-state index contributed by atoms with van der Waals surface area (Å²) >= 11 is 0. The van der Waals surface area contributed by atoms with Crippen LogP contribution in [0.5, 0.6) is 11.5 Å². The summed E-state index contributed by atoms with van der Waals surface area (Å²) in [4.78, 5) is 25.8. The fraction of sp³-hybridized carbons (Fsp3) is 0.652. The molecule has 0 radical (unpaired) electrons. The number of nitrogens with zero attached hydrogens (tertiary/aromatic N) is 1. The van der Waals surface area contributed by atoms with Crippen LogP contribution in [0.1, 0.15) is 59.9 Å². The number of hydrogen-bond donors (Lipinski definition) is 1. The summed E-state index contributed by atoms with van der Waals surface area (Å²) in [5.74, 6) is 0.359. The molecule has 168 valence electrons. The van der Waals surface area contributed by atoms with E-state index < -0.39 is 29.2 Å². The molecule has 2 rings (SSSR count). The molecule has 0 unspecified atom stereocenters. The Morgan fingerprint density at radius 2 is 1.87 bits per heavy atom. The number of amides is 1. The van der Waals surface area contributed by atoms with Crippen LogP contribution in [0.2, 0.25) is 0 Å². The van der Waals surface area contributed by atoms with Gasteiger partial charge in [0, 0.05) is 31.3 Å². The third kappa shape index (κ3) is 5.25. The lowest BCUT2D eigenvalue weighted by atomic mass is 9.72. The van der Waals surface area contributed by atoms with Crippen LogP contribution >= 0.6 is 0 Å². The van der Waals surface area contributed by atoms with E-state index in [0.717, 1.165) is 5.56 Å². The number of likely N-dealkylation sites (tertiary alicyclic amines) is 1. The van der Waals surface area contributed by atoms with Crippen molar-refractivity contribution in [2.75, 3.05) is 20.2 Å². The Labute approximate surface area is 179 Å². The highest BCUT2D eigenvalue weighted by Gasteiger charge is 2.49. The number of rotatable bonds is 6. The molecule has 1 aliphatic rings. The Morgan fingerprint density at radius 3 is 2.37 bits per heavy atom. The predicted octanol–water partition coefficient (Wildman–Crippen LogP) is 3.14. The molecule has 1 saturated heterocycles. The molecule has 7 heteroatoms. The average Bonchev–Trinajstić information content (AvgIpc) is 2.98. The first-order valence-electron chi connectivity index (χ1n) is 10.3. The van der Waals surface area contributed by atoms with Gasteiger partial charge in [0.25, 0.3) is 5.91 Å². The summed E-state index contributed by atoms with van der Waals surface area (Å²) in [5.41, 5.74) is -0.0237. The Kier molecular flexibility index (Phi) is 7.07. The third-order valence-electron chi connectivity index (χ3n) is 5.69. The van der Waals surface area contributed by atoms with Crippen LogP contribution in [0.4, 0.5) is 0 Å². The Bertz CT molecular complexity index is 784. The van der Waals surface area contributed by atoms with Crippen molar-refractivity contribution in [1.29, 1.82) is 0 Å². The van der Waals surface area contributed by atoms with Crippen LogP contribution < -0.4 is 9.47 Å². The maximum atomic E-state index is 12.8. The van der Waals surface area contributed by atoms with Gasteiger partial charge >= 0.3 is 5.97 Å². The summed E-state index contributed by atoms with van der Waals surface area (Å²) < 4.78 is 16.6. The van der Waals surface area contributed by atoms with Gasteiger partial charge in [0.1, 0.15) is 5.60 Å². The Hall–Kier alpha value is -2.28. The van der Waals surface area contributed by atoms with Crippen LogP contribution in [0, 0.1) is 5.41 Å². The number of esters is 1. The van der Waals surface area contributed by atoms with Crippen molar-refractivity contribution in [1.82, 2.24) is 4.90 Å². The van der Waals surface area contributed by atoms with E-state index in [1.807, 2.05) is 45.9 Å². The second-order valence-electron chi connectivity index (χ2n) is 9.33. The van der Waals surface area contributed by atoms with Gasteiger partial charge in [-0.1, -0.05) is 13.0 Å². The molecule has 1 aromatic carbocycles. The number of hydrogen-bond acceptors (Lipinski definition) is 6. The molecule has 0 saturated carbocycles. The van der Waals surface area contributed by atoms with Crippen molar-refractivity contribution in [3.8, 4) is 11.5 Å². The van der Waals surface area contributed by atoms with Crippen molar-refractivity contribution >= 4 is 11.9 Å². The van der Waals surface area contributed by atoms with Gasteiger partial charge in [-0.3, -0.25) is 9.59 Å². The minimum atomic E-state index is -0.866. The van der Waals surface area contributed by atoms with E-state index in [2.05, 4.69) is 0 Å². The van der Waals surface area contributed by atoms with E-state index in [1.165, 1.54) is 6.92 Å². The van der Waals surface area contributed by atoms with Gasteiger partial charge in [0.05, 0.1) is 13.2 Å². The third-order valence-corrected chi connectivity index (χ3v) is 5.69. The first-order chi connectivity index (χ1) is 13.8. The maximum Gasteiger partial charge on any atom is 0.303 e. The predicted molar refractivity (Wildman–Crippen MR) is 114 cm³/mol. The highest BCUT2D eigenvalue weighted by Crippen LogP contribution is 2.47. The number of carbonyl (C=O) groups excluding carboxylic acids is 2. The summed E-state index contributed by atoms with van der Waals surface area (Å²) in [7, 11) is 1.59. The van der Waals surface area contributed by atoms with Crippen molar-refractivity contribution in [2.24, 2.45) is 5.41 Å².